The Morgan fingerprint density at radius 2 is 1.69 bits per heavy atom. The summed E-state index contributed by atoms with van der Waals surface area (Å²) in [5.41, 5.74) is 0.239. The van der Waals surface area contributed by atoms with Crippen LogP contribution < -0.4 is 0 Å². The first kappa shape index (κ1) is 21.6. The Morgan fingerprint density at radius 3 is 2.28 bits per heavy atom. The van der Waals surface area contributed by atoms with E-state index in [9.17, 15) is 26.4 Å². The predicted octanol–water partition coefficient (Wildman–Crippen LogP) is 3.81. The number of sulfonamides is 1. The molecule has 5 nitrogen and oxygen atoms in total. The van der Waals surface area contributed by atoms with Gasteiger partial charge < -0.3 is 4.90 Å². The molecule has 3 rings (SSSR count). The molecule has 0 spiro atoms. The van der Waals surface area contributed by atoms with Crippen LogP contribution in [0.25, 0.3) is 0 Å². The van der Waals surface area contributed by atoms with E-state index in [1.54, 1.807) is 18.2 Å². The fourth-order valence-corrected chi connectivity index (χ4v) is 4.80. The summed E-state index contributed by atoms with van der Waals surface area (Å²) in [5.74, 6) is -0.211. The van der Waals surface area contributed by atoms with Crippen LogP contribution in [0.15, 0.2) is 47.4 Å². The molecule has 0 atom stereocenters. The van der Waals surface area contributed by atoms with Gasteiger partial charge in [-0.05, 0) is 37.3 Å². The smallest absolute Gasteiger partial charge is 0.336 e. The third-order valence-corrected chi connectivity index (χ3v) is 6.90. The zero-order valence-electron chi connectivity index (χ0n) is 15.4. The van der Waals surface area contributed by atoms with Gasteiger partial charge in [0.25, 0.3) is 5.91 Å². The molecule has 0 radical (unpaired) electrons. The molecule has 0 N–H and O–H groups in total. The van der Waals surface area contributed by atoms with Crippen LogP contribution in [-0.4, -0.2) is 49.7 Å². The Labute approximate surface area is 171 Å². The minimum absolute atomic E-state index is 0.0101. The van der Waals surface area contributed by atoms with Gasteiger partial charge in [-0.25, -0.2) is 8.42 Å². The van der Waals surface area contributed by atoms with Gasteiger partial charge in [-0.3, -0.25) is 4.79 Å². The molecule has 2 aromatic carbocycles. The fourth-order valence-electron chi connectivity index (χ4n) is 3.12. The Bertz CT molecular complexity index is 1030. The van der Waals surface area contributed by atoms with Crippen LogP contribution in [-0.2, 0) is 16.2 Å². The number of rotatable bonds is 3. The summed E-state index contributed by atoms with van der Waals surface area (Å²) in [6, 6.07) is 9.58. The molecule has 2 aromatic rings. The summed E-state index contributed by atoms with van der Waals surface area (Å²) in [5, 5.41) is -0.565. The molecule has 0 unspecified atom stereocenters. The van der Waals surface area contributed by atoms with E-state index in [-0.39, 0.29) is 32.1 Å². The summed E-state index contributed by atoms with van der Waals surface area (Å²) in [6.45, 7) is 2.13. The monoisotopic (exact) mass is 446 g/mol. The van der Waals surface area contributed by atoms with Crippen molar-refractivity contribution in [2.24, 2.45) is 0 Å². The molecule has 1 aliphatic rings. The lowest BCUT2D eigenvalue weighted by Gasteiger charge is -2.34. The van der Waals surface area contributed by atoms with E-state index < -0.39 is 31.7 Å². The van der Waals surface area contributed by atoms with Crippen LogP contribution in [0.1, 0.15) is 21.5 Å². The minimum Gasteiger partial charge on any atom is -0.336 e. The molecular formula is C19H18ClF3N2O3S. The normalized spacial score (nSPS) is 16.1. The largest absolute Gasteiger partial charge is 0.417 e. The quantitative estimate of drug-likeness (QED) is 0.720. The van der Waals surface area contributed by atoms with Gasteiger partial charge >= 0.3 is 6.18 Å². The van der Waals surface area contributed by atoms with Crippen molar-refractivity contribution < 1.29 is 26.4 Å². The Morgan fingerprint density at radius 1 is 1.03 bits per heavy atom. The third-order valence-electron chi connectivity index (χ3n) is 4.67. The van der Waals surface area contributed by atoms with Crippen molar-refractivity contribution in [3.8, 4) is 0 Å². The van der Waals surface area contributed by atoms with Gasteiger partial charge in [0.1, 0.15) is 0 Å². The zero-order chi connectivity index (χ0) is 21.4. The highest BCUT2D eigenvalue weighted by Crippen LogP contribution is 2.36. The summed E-state index contributed by atoms with van der Waals surface area (Å²) < 4.78 is 65.8. The van der Waals surface area contributed by atoms with E-state index in [2.05, 4.69) is 0 Å². The number of hydrogen-bond donors (Lipinski definition) is 0. The van der Waals surface area contributed by atoms with E-state index in [1.165, 1.54) is 4.90 Å². The van der Waals surface area contributed by atoms with Crippen molar-refractivity contribution in [2.75, 3.05) is 26.2 Å². The van der Waals surface area contributed by atoms with Gasteiger partial charge in [-0.15, -0.1) is 0 Å². The number of alkyl halides is 3. The molecule has 0 saturated carbocycles. The van der Waals surface area contributed by atoms with Gasteiger partial charge in [-0.2, -0.15) is 17.5 Å². The molecule has 1 amide bonds. The molecular weight excluding hydrogens is 429 g/mol. The van der Waals surface area contributed by atoms with E-state index in [1.807, 2.05) is 13.0 Å². The molecule has 0 bridgehead atoms. The summed E-state index contributed by atoms with van der Waals surface area (Å²) in [7, 11) is -4.15. The molecule has 1 heterocycles. The maximum atomic E-state index is 13.1. The summed E-state index contributed by atoms with van der Waals surface area (Å²) in [6.07, 6.45) is -4.76. The molecule has 156 valence electrons. The highest BCUT2D eigenvalue weighted by Gasteiger charge is 2.36. The van der Waals surface area contributed by atoms with Crippen LogP contribution in [0.2, 0.25) is 5.02 Å². The SMILES string of the molecule is Cc1cccc(C(=O)N2CCN(S(=O)(=O)c3ccc(Cl)c(C(F)(F)F)c3)CC2)c1. The lowest BCUT2D eigenvalue weighted by molar-refractivity contribution is -0.137. The van der Waals surface area contributed by atoms with Crippen LogP contribution in [0.4, 0.5) is 13.2 Å². The van der Waals surface area contributed by atoms with Crippen molar-refractivity contribution in [2.45, 2.75) is 18.0 Å². The number of carbonyl (C=O) groups excluding carboxylic acids is 1. The van der Waals surface area contributed by atoms with Crippen LogP contribution in [0.5, 0.6) is 0 Å². The average Bonchev–Trinajstić information content (AvgIpc) is 2.67. The third kappa shape index (κ3) is 4.57. The highest BCUT2D eigenvalue weighted by atomic mass is 35.5. The first-order valence-electron chi connectivity index (χ1n) is 8.73. The number of halogens is 4. The van der Waals surface area contributed by atoms with Gasteiger partial charge in [0, 0.05) is 31.7 Å². The molecule has 1 fully saturated rings. The number of benzene rings is 2. The number of hydrogen-bond acceptors (Lipinski definition) is 3. The molecule has 0 aliphatic carbocycles. The first-order chi connectivity index (χ1) is 13.5. The lowest BCUT2D eigenvalue weighted by Crippen LogP contribution is -2.50. The molecule has 1 aliphatic heterocycles. The van der Waals surface area contributed by atoms with Crippen molar-refractivity contribution in [3.05, 3.63) is 64.2 Å². The highest BCUT2D eigenvalue weighted by molar-refractivity contribution is 7.89. The lowest BCUT2D eigenvalue weighted by atomic mass is 10.1. The Balaban J connectivity index is 1.76. The maximum Gasteiger partial charge on any atom is 0.417 e. The van der Waals surface area contributed by atoms with Crippen LogP contribution in [0, 0.1) is 6.92 Å². The summed E-state index contributed by atoms with van der Waals surface area (Å²) >= 11 is 5.57. The number of amides is 1. The maximum absolute atomic E-state index is 13.1. The van der Waals surface area contributed by atoms with E-state index in [0.717, 1.165) is 22.0 Å². The Hall–Kier alpha value is -2.10. The van der Waals surface area contributed by atoms with Gasteiger partial charge in [0.2, 0.25) is 10.0 Å². The van der Waals surface area contributed by atoms with Gasteiger partial charge in [0.15, 0.2) is 0 Å². The average molecular weight is 447 g/mol. The number of piperazine rings is 1. The number of aryl methyl sites for hydroxylation is 1. The van der Waals surface area contributed by atoms with Crippen LogP contribution in [0.3, 0.4) is 0 Å². The van der Waals surface area contributed by atoms with E-state index >= 15 is 0 Å². The molecule has 10 heteroatoms. The molecule has 1 saturated heterocycles. The van der Waals surface area contributed by atoms with Crippen molar-refractivity contribution in [1.82, 2.24) is 9.21 Å². The predicted molar refractivity (Wildman–Crippen MR) is 102 cm³/mol. The van der Waals surface area contributed by atoms with E-state index in [0.29, 0.717) is 11.6 Å². The molecule has 0 aromatic heterocycles. The van der Waals surface area contributed by atoms with Crippen LogP contribution >= 0.6 is 11.6 Å². The van der Waals surface area contributed by atoms with Gasteiger partial charge in [-0.1, -0.05) is 29.3 Å². The topological polar surface area (TPSA) is 57.7 Å². The van der Waals surface area contributed by atoms with Gasteiger partial charge in [0.05, 0.1) is 15.5 Å². The first-order valence-corrected chi connectivity index (χ1v) is 10.5. The summed E-state index contributed by atoms with van der Waals surface area (Å²) in [4.78, 5) is 13.6. The van der Waals surface area contributed by atoms with E-state index in [4.69, 9.17) is 11.6 Å². The molecule has 29 heavy (non-hydrogen) atoms. The minimum atomic E-state index is -4.76. The number of nitrogens with zero attached hydrogens (tertiary/aromatic N) is 2. The standard InChI is InChI=1S/C19H18ClF3N2O3S/c1-13-3-2-4-14(11-13)18(26)24-7-9-25(10-8-24)29(27,28)15-5-6-17(20)16(12-15)19(21,22)23/h2-6,11-12H,7-10H2,1H3. The Kier molecular flexibility index (Phi) is 5.93. The van der Waals surface area contributed by atoms with Crippen molar-refractivity contribution >= 4 is 27.5 Å². The fraction of sp³-hybridized carbons (Fsp3) is 0.316. The van der Waals surface area contributed by atoms with Crippen molar-refractivity contribution in [3.63, 3.8) is 0 Å². The second kappa shape index (κ2) is 7.97. The second-order valence-electron chi connectivity index (χ2n) is 6.71. The zero-order valence-corrected chi connectivity index (χ0v) is 17.0. The van der Waals surface area contributed by atoms with Crippen molar-refractivity contribution in [1.29, 1.82) is 0 Å². The second-order valence-corrected chi connectivity index (χ2v) is 9.05. The number of carbonyl (C=O) groups is 1.